The molecule has 0 radical (unpaired) electrons. The monoisotopic (exact) mass is 306 g/mol. The van der Waals surface area contributed by atoms with E-state index in [0.29, 0.717) is 0 Å². The van der Waals surface area contributed by atoms with E-state index in [2.05, 4.69) is 29.1 Å². The lowest BCUT2D eigenvalue weighted by Gasteiger charge is -1.96. The predicted molar refractivity (Wildman–Crippen MR) is 53.0 cm³/mol. The van der Waals surface area contributed by atoms with Crippen molar-refractivity contribution in [1.82, 2.24) is 4.57 Å². The van der Waals surface area contributed by atoms with Gasteiger partial charge in [-0.2, -0.15) is 0 Å². The second-order valence-electron chi connectivity index (χ2n) is 2.45. The molecule has 2 nitrogen and oxygen atoms in total. The van der Waals surface area contributed by atoms with E-state index < -0.39 is 0 Å². The molecule has 0 spiro atoms. The molecule has 1 unspecified atom stereocenters. The molecule has 1 aromatic heterocycles. The number of allylic oxidation sites excluding steroid dienone is 2. The predicted octanol–water partition coefficient (Wildman–Crippen LogP) is -0.955. The van der Waals surface area contributed by atoms with E-state index in [1.807, 2.05) is 40.0 Å². The van der Waals surface area contributed by atoms with Gasteiger partial charge in [-0.1, -0.05) is 19.2 Å². The smallest absolute Gasteiger partial charge is 0.245 e. The molecule has 0 bridgehead atoms. The number of alkyl halides is 1. The van der Waals surface area contributed by atoms with E-state index in [4.69, 9.17) is 0 Å². The van der Waals surface area contributed by atoms with Crippen molar-refractivity contribution in [1.29, 1.82) is 0 Å². The van der Waals surface area contributed by atoms with Gasteiger partial charge in [0.2, 0.25) is 6.33 Å². The number of aromatic nitrogens is 2. The van der Waals surface area contributed by atoms with Gasteiger partial charge in [0, 0.05) is 0 Å². The van der Waals surface area contributed by atoms with Crippen LogP contribution in [0.4, 0.5) is 0 Å². The maximum atomic E-state index is 3.70. The van der Waals surface area contributed by atoms with Crippen LogP contribution in [0.3, 0.4) is 0 Å². The molecule has 1 rings (SSSR count). The van der Waals surface area contributed by atoms with Crippen LogP contribution < -0.4 is 21.5 Å². The van der Waals surface area contributed by atoms with Crippen molar-refractivity contribution in [2.45, 2.75) is 11.5 Å². The summed E-state index contributed by atoms with van der Waals surface area (Å²) in [5, 5.41) is 0. The molecule has 4 heteroatoms. The molecule has 13 heavy (non-hydrogen) atoms. The first-order valence-electron chi connectivity index (χ1n) is 3.72. The maximum Gasteiger partial charge on any atom is 0.245 e. The van der Waals surface area contributed by atoms with E-state index in [1.54, 1.807) is 0 Å². The third-order valence-corrected chi connectivity index (χ3v) is 2.38. The van der Waals surface area contributed by atoms with Crippen LogP contribution in [0.25, 0.3) is 0 Å². The third kappa shape index (κ3) is 3.48. The first-order chi connectivity index (χ1) is 5.77. The number of hydrogen-bond acceptors (Lipinski definition) is 0. The van der Waals surface area contributed by atoms with E-state index in [-0.39, 0.29) is 21.9 Å². The van der Waals surface area contributed by atoms with Crippen LogP contribution in [0.1, 0.15) is 4.95 Å². The van der Waals surface area contributed by atoms with Gasteiger partial charge < -0.3 is 17.0 Å². The molecule has 72 valence electrons. The highest BCUT2D eigenvalue weighted by molar-refractivity contribution is 9.09. The summed E-state index contributed by atoms with van der Waals surface area (Å²) in [6.45, 7) is 8.20. The van der Waals surface area contributed by atoms with Crippen molar-refractivity contribution in [3.05, 3.63) is 44.0 Å². The van der Waals surface area contributed by atoms with Crippen LogP contribution in [-0.2, 0) is 6.54 Å². The summed E-state index contributed by atoms with van der Waals surface area (Å²) in [5.74, 6) is 0. The SMILES string of the molecule is C=CC[n+]1ccn(C(Br)C=C)c1.[Br-]. The highest BCUT2D eigenvalue weighted by Crippen LogP contribution is 2.13. The maximum absolute atomic E-state index is 3.70. The molecule has 0 aliphatic carbocycles. The summed E-state index contributed by atoms with van der Waals surface area (Å²) in [6, 6.07) is 0. The van der Waals surface area contributed by atoms with E-state index in [0.717, 1.165) is 6.54 Å². The Labute approximate surface area is 97.5 Å². The Morgan fingerprint density at radius 1 is 1.54 bits per heavy atom. The van der Waals surface area contributed by atoms with Gasteiger partial charge in [-0.05, 0) is 22.0 Å². The molecule has 0 aliphatic heterocycles. The van der Waals surface area contributed by atoms with Crippen molar-refractivity contribution in [3.8, 4) is 0 Å². The van der Waals surface area contributed by atoms with Gasteiger partial charge in [0.15, 0.2) is 4.95 Å². The van der Waals surface area contributed by atoms with Crippen molar-refractivity contribution in [3.63, 3.8) is 0 Å². The van der Waals surface area contributed by atoms with Crippen molar-refractivity contribution in [2.24, 2.45) is 0 Å². The second kappa shape index (κ2) is 6.16. The quantitative estimate of drug-likeness (QED) is 0.385. The highest BCUT2D eigenvalue weighted by Gasteiger charge is 2.07. The van der Waals surface area contributed by atoms with E-state index in [9.17, 15) is 0 Å². The standard InChI is InChI=1S/C9H12BrN2.BrH/c1-3-5-11-6-7-12(8-11)9(10)4-2;/h3-4,6-9H,1-2,5H2;1H/q+1;/p-1. The Hall–Kier alpha value is -0.350. The molecule has 0 aromatic carbocycles. The second-order valence-corrected chi connectivity index (χ2v) is 3.39. The van der Waals surface area contributed by atoms with Crippen LogP contribution >= 0.6 is 15.9 Å². The fourth-order valence-corrected chi connectivity index (χ4v) is 1.18. The average molecular weight is 308 g/mol. The molecule has 0 aliphatic rings. The summed E-state index contributed by atoms with van der Waals surface area (Å²) in [6.07, 6.45) is 9.69. The molecule has 0 saturated heterocycles. The van der Waals surface area contributed by atoms with Gasteiger partial charge in [-0.25, -0.2) is 9.13 Å². The van der Waals surface area contributed by atoms with Crippen molar-refractivity contribution < 1.29 is 21.5 Å². The highest BCUT2D eigenvalue weighted by atomic mass is 79.9. The van der Waals surface area contributed by atoms with Gasteiger partial charge in [-0.15, -0.1) is 0 Å². The summed E-state index contributed by atoms with van der Waals surface area (Å²) in [7, 11) is 0. The normalized spacial score (nSPS) is 11.5. The minimum atomic E-state index is 0. The molecule has 1 atom stereocenters. The van der Waals surface area contributed by atoms with Gasteiger partial charge >= 0.3 is 0 Å². The van der Waals surface area contributed by atoms with Crippen molar-refractivity contribution in [2.75, 3.05) is 0 Å². The molecule has 1 aromatic rings. The van der Waals surface area contributed by atoms with E-state index in [1.165, 1.54) is 0 Å². The first-order valence-corrected chi connectivity index (χ1v) is 4.63. The largest absolute Gasteiger partial charge is 1.00 e. The van der Waals surface area contributed by atoms with Crippen molar-refractivity contribution >= 4 is 15.9 Å². The molecule has 0 saturated carbocycles. The molecule has 0 N–H and O–H groups in total. The number of hydrogen-bond donors (Lipinski definition) is 0. The Bertz CT molecular complexity index is 281. The number of imidazole rings is 1. The zero-order chi connectivity index (χ0) is 8.97. The van der Waals surface area contributed by atoms with Gasteiger partial charge in [0.25, 0.3) is 0 Å². The van der Waals surface area contributed by atoms with Gasteiger partial charge in [0.05, 0.1) is 0 Å². The van der Waals surface area contributed by atoms with Gasteiger partial charge in [-0.3, -0.25) is 0 Å². The van der Waals surface area contributed by atoms with Gasteiger partial charge in [0.1, 0.15) is 18.9 Å². The lowest BCUT2D eigenvalue weighted by Crippen LogP contribution is -3.00. The zero-order valence-electron chi connectivity index (χ0n) is 7.24. The number of rotatable bonds is 4. The minimum Gasteiger partial charge on any atom is -1.00 e. The first kappa shape index (κ1) is 12.7. The Morgan fingerprint density at radius 2 is 2.23 bits per heavy atom. The lowest BCUT2D eigenvalue weighted by molar-refractivity contribution is -0.686. The Balaban J connectivity index is 0.00000144. The number of halogens is 2. The lowest BCUT2D eigenvalue weighted by atomic mass is 10.6. The summed E-state index contributed by atoms with van der Waals surface area (Å²) in [5.41, 5.74) is 0. The fourth-order valence-electron chi connectivity index (χ4n) is 0.936. The van der Waals surface area contributed by atoms with Crippen LogP contribution in [-0.4, -0.2) is 4.57 Å². The topological polar surface area (TPSA) is 8.81 Å². The zero-order valence-corrected chi connectivity index (χ0v) is 10.4. The average Bonchev–Trinajstić information content (AvgIpc) is 2.52. The molecular weight excluding hydrogens is 296 g/mol. The van der Waals surface area contributed by atoms with Crippen LogP contribution in [0.15, 0.2) is 44.0 Å². The minimum absolute atomic E-state index is 0. The Kier molecular flexibility index (Phi) is 5.99. The summed E-state index contributed by atoms with van der Waals surface area (Å²) in [4.78, 5) is 0.170. The molecule has 0 fully saturated rings. The molecule has 0 amide bonds. The molecular formula is C9H12Br2N2. The van der Waals surface area contributed by atoms with Crippen LogP contribution in [0, 0.1) is 0 Å². The summed E-state index contributed by atoms with van der Waals surface area (Å²) < 4.78 is 4.07. The third-order valence-electron chi connectivity index (χ3n) is 1.53. The fraction of sp³-hybridized carbons (Fsp3) is 0.222. The summed E-state index contributed by atoms with van der Waals surface area (Å²) >= 11 is 3.46. The van der Waals surface area contributed by atoms with Crippen LogP contribution in [0.5, 0.6) is 0 Å². The van der Waals surface area contributed by atoms with Crippen LogP contribution in [0.2, 0.25) is 0 Å². The molecule has 1 heterocycles. The number of nitrogens with zero attached hydrogens (tertiary/aromatic N) is 2. The van der Waals surface area contributed by atoms with E-state index >= 15 is 0 Å². The Morgan fingerprint density at radius 3 is 2.77 bits per heavy atom.